The van der Waals surface area contributed by atoms with Crippen LogP contribution in [0.15, 0.2) is 29.6 Å². The summed E-state index contributed by atoms with van der Waals surface area (Å²) in [6.45, 7) is 1.83. The van der Waals surface area contributed by atoms with Gasteiger partial charge in [0, 0.05) is 12.4 Å². The second kappa shape index (κ2) is 4.14. The maximum atomic E-state index is 5.01. The third kappa shape index (κ3) is 2.16. The van der Waals surface area contributed by atoms with Crippen LogP contribution in [-0.2, 0) is 0 Å². The van der Waals surface area contributed by atoms with Gasteiger partial charge >= 0.3 is 0 Å². The molecule has 2 aromatic heterocycles. The molecular formula is C9H9N5S. The molecule has 6 heteroatoms. The Bertz CT molecular complexity index is 525. The van der Waals surface area contributed by atoms with Gasteiger partial charge in [-0.05, 0) is 36.8 Å². The lowest BCUT2D eigenvalue weighted by molar-refractivity contribution is 0.821. The number of pyridine rings is 1. The lowest BCUT2D eigenvalue weighted by Crippen LogP contribution is -1.93. The number of nitrogens with one attached hydrogen (secondary N) is 1. The van der Waals surface area contributed by atoms with Crippen LogP contribution in [0.3, 0.4) is 0 Å². The second-order valence-corrected chi connectivity index (χ2v) is 3.30. The fourth-order valence-corrected chi connectivity index (χ4v) is 1.31. The number of aryl methyl sites for hydroxylation is 1. The molecular weight excluding hydrogens is 210 g/mol. The summed E-state index contributed by atoms with van der Waals surface area (Å²) >= 11 is 5.01. The lowest BCUT2D eigenvalue weighted by Gasteiger charge is -1.93. The van der Waals surface area contributed by atoms with Gasteiger partial charge in [0.05, 0.1) is 6.21 Å². The number of rotatable bonds is 2. The zero-order valence-electron chi connectivity index (χ0n) is 8.08. The third-order valence-electron chi connectivity index (χ3n) is 1.84. The summed E-state index contributed by atoms with van der Waals surface area (Å²) in [7, 11) is 0. The van der Waals surface area contributed by atoms with Crippen molar-refractivity contribution in [2.24, 2.45) is 5.10 Å². The standard InChI is InChI=1S/C9H9N5S/c1-7-12-13-9(15)14(7)11-6-8-2-4-10-5-3-8/h2-6H,1H3,(H,13,15)/b11-6+. The molecule has 5 nitrogen and oxygen atoms in total. The molecule has 0 saturated carbocycles. The predicted octanol–water partition coefficient (Wildman–Crippen LogP) is 1.53. The Labute approximate surface area is 91.5 Å². The Morgan fingerprint density at radius 1 is 1.47 bits per heavy atom. The molecule has 15 heavy (non-hydrogen) atoms. The van der Waals surface area contributed by atoms with E-state index >= 15 is 0 Å². The first-order chi connectivity index (χ1) is 7.27. The van der Waals surface area contributed by atoms with Crippen molar-refractivity contribution < 1.29 is 0 Å². The molecule has 76 valence electrons. The maximum absolute atomic E-state index is 5.01. The monoisotopic (exact) mass is 219 g/mol. The van der Waals surface area contributed by atoms with Gasteiger partial charge in [-0.1, -0.05) is 0 Å². The summed E-state index contributed by atoms with van der Waals surface area (Å²) in [4.78, 5) is 3.92. The molecule has 0 spiro atoms. The van der Waals surface area contributed by atoms with Crippen LogP contribution in [0.5, 0.6) is 0 Å². The summed E-state index contributed by atoms with van der Waals surface area (Å²) in [5, 5.41) is 10.8. The molecule has 0 saturated heterocycles. The highest BCUT2D eigenvalue weighted by Crippen LogP contribution is 1.96. The van der Waals surface area contributed by atoms with Crippen molar-refractivity contribution in [3.63, 3.8) is 0 Å². The van der Waals surface area contributed by atoms with E-state index in [1.165, 1.54) is 0 Å². The topological polar surface area (TPSA) is 58.9 Å². The maximum Gasteiger partial charge on any atom is 0.216 e. The Balaban J connectivity index is 2.30. The number of aromatic amines is 1. The third-order valence-corrected chi connectivity index (χ3v) is 2.10. The lowest BCUT2D eigenvalue weighted by atomic mass is 10.3. The molecule has 0 atom stereocenters. The molecule has 0 aliphatic carbocycles. The molecule has 0 aromatic carbocycles. The van der Waals surface area contributed by atoms with Crippen molar-refractivity contribution in [3.8, 4) is 0 Å². The zero-order valence-corrected chi connectivity index (χ0v) is 8.90. The van der Waals surface area contributed by atoms with E-state index in [9.17, 15) is 0 Å². The molecule has 2 aromatic rings. The molecule has 0 amide bonds. The Kier molecular flexibility index (Phi) is 2.68. The first-order valence-electron chi connectivity index (χ1n) is 4.36. The number of nitrogens with zero attached hydrogens (tertiary/aromatic N) is 4. The minimum atomic E-state index is 0.484. The van der Waals surface area contributed by atoms with Gasteiger partial charge in [0.1, 0.15) is 5.82 Å². The summed E-state index contributed by atoms with van der Waals surface area (Å²) in [6.07, 6.45) is 5.13. The normalized spacial score (nSPS) is 11.0. The fraction of sp³-hybridized carbons (Fsp3) is 0.111. The SMILES string of the molecule is Cc1n[nH]c(=S)n1/N=C/c1ccncc1. The first kappa shape index (κ1) is 9.72. The van der Waals surface area contributed by atoms with Gasteiger partial charge in [0.25, 0.3) is 0 Å². The van der Waals surface area contributed by atoms with E-state index in [1.807, 2.05) is 19.1 Å². The van der Waals surface area contributed by atoms with E-state index in [1.54, 1.807) is 23.3 Å². The number of hydrogen-bond acceptors (Lipinski definition) is 4. The smallest absolute Gasteiger partial charge is 0.216 e. The van der Waals surface area contributed by atoms with Crippen LogP contribution in [0.25, 0.3) is 0 Å². The van der Waals surface area contributed by atoms with E-state index in [0.717, 1.165) is 11.4 Å². The van der Waals surface area contributed by atoms with Crippen molar-refractivity contribution in [2.75, 3.05) is 0 Å². The summed E-state index contributed by atoms with van der Waals surface area (Å²) in [6, 6.07) is 3.73. The van der Waals surface area contributed by atoms with Crippen LogP contribution in [0, 0.1) is 11.7 Å². The van der Waals surface area contributed by atoms with Crippen LogP contribution in [0.1, 0.15) is 11.4 Å². The molecule has 0 bridgehead atoms. The molecule has 0 aliphatic heterocycles. The van der Waals surface area contributed by atoms with Crippen LogP contribution < -0.4 is 0 Å². The number of hydrogen-bond donors (Lipinski definition) is 1. The van der Waals surface area contributed by atoms with Crippen molar-refractivity contribution >= 4 is 18.4 Å². The summed E-state index contributed by atoms with van der Waals surface area (Å²) in [5.41, 5.74) is 0.965. The number of H-pyrrole nitrogens is 1. The van der Waals surface area contributed by atoms with Gasteiger partial charge in [-0.25, -0.2) is 0 Å². The number of aromatic nitrogens is 4. The van der Waals surface area contributed by atoms with Crippen molar-refractivity contribution in [2.45, 2.75) is 6.92 Å². The molecule has 2 heterocycles. The van der Waals surface area contributed by atoms with Crippen LogP contribution in [0.4, 0.5) is 0 Å². The van der Waals surface area contributed by atoms with Gasteiger partial charge in [0.2, 0.25) is 4.77 Å². The average Bonchev–Trinajstić information content (AvgIpc) is 2.58. The van der Waals surface area contributed by atoms with Crippen LogP contribution >= 0.6 is 12.2 Å². The minimum absolute atomic E-state index is 0.484. The molecule has 0 unspecified atom stereocenters. The van der Waals surface area contributed by atoms with Gasteiger partial charge in [-0.3, -0.25) is 10.1 Å². The molecule has 0 radical (unpaired) electrons. The summed E-state index contributed by atoms with van der Waals surface area (Å²) in [5.74, 6) is 0.727. The van der Waals surface area contributed by atoms with Gasteiger partial charge < -0.3 is 0 Å². The van der Waals surface area contributed by atoms with Gasteiger partial charge in [0.15, 0.2) is 0 Å². The van der Waals surface area contributed by atoms with E-state index in [4.69, 9.17) is 12.2 Å². The van der Waals surface area contributed by atoms with E-state index in [2.05, 4.69) is 20.3 Å². The van der Waals surface area contributed by atoms with Crippen LogP contribution in [0.2, 0.25) is 0 Å². The van der Waals surface area contributed by atoms with Crippen molar-refractivity contribution in [1.82, 2.24) is 19.9 Å². The Morgan fingerprint density at radius 3 is 2.80 bits per heavy atom. The van der Waals surface area contributed by atoms with Crippen molar-refractivity contribution in [1.29, 1.82) is 0 Å². The molecule has 2 rings (SSSR count). The largest absolute Gasteiger partial charge is 0.265 e. The van der Waals surface area contributed by atoms with Gasteiger partial charge in [-0.15, -0.1) is 0 Å². The highest BCUT2D eigenvalue weighted by Gasteiger charge is 1.96. The predicted molar refractivity (Wildman–Crippen MR) is 59.4 cm³/mol. The van der Waals surface area contributed by atoms with E-state index in [0.29, 0.717) is 4.77 Å². The Morgan fingerprint density at radius 2 is 2.20 bits per heavy atom. The Hall–Kier alpha value is -1.82. The van der Waals surface area contributed by atoms with E-state index < -0.39 is 0 Å². The summed E-state index contributed by atoms with van der Waals surface area (Å²) < 4.78 is 2.05. The fourth-order valence-electron chi connectivity index (χ4n) is 1.08. The average molecular weight is 219 g/mol. The molecule has 1 N–H and O–H groups in total. The second-order valence-electron chi connectivity index (χ2n) is 2.91. The minimum Gasteiger partial charge on any atom is -0.265 e. The van der Waals surface area contributed by atoms with Gasteiger partial charge in [-0.2, -0.15) is 14.9 Å². The first-order valence-corrected chi connectivity index (χ1v) is 4.76. The highest BCUT2D eigenvalue weighted by molar-refractivity contribution is 7.71. The quantitative estimate of drug-likeness (QED) is 0.615. The van der Waals surface area contributed by atoms with Crippen LogP contribution in [-0.4, -0.2) is 26.1 Å². The zero-order chi connectivity index (χ0) is 10.7. The highest BCUT2D eigenvalue weighted by atomic mass is 32.1. The van der Waals surface area contributed by atoms with E-state index in [-0.39, 0.29) is 0 Å². The molecule has 0 fully saturated rings. The molecule has 0 aliphatic rings. The van der Waals surface area contributed by atoms with Crippen molar-refractivity contribution in [3.05, 3.63) is 40.7 Å².